The SMILES string of the molecule is COC(=O)CCc1nc(-c2ccccc2C)cs1. The lowest BCUT2D eigenvalue weighted by Crippen LogP contribution is -2.01. The molecule has 4 heteroatoms. The number of benzene rings is 1. The lowest BCUT2D eigenvalue weighted by molar-refractivity contribution is -0.140. The summed E-state index contributed by atoms with van der Waals surface area (Å²) in [6, 6.07) is 8.16. The molecule has 0 aliphatic rings. The number of nitrogens with zero attached hydrogens (tertiary/aromatic N) is 1. The van der Waals surface area contributed by atoms with E-state index in [-0.39, 0.29) is 5.97 Å². The van der Waals surface area contributed by atoms with E-state index in [9.17, 15) is 4.79 Å². The van der Waals surface area contributed by atoms with E-state index in [1.165, 1.54) is 12.7 Å². The number of esters is 1. The molecule has 2 aromatic rings. The molecule has 0 aliphatic carbocycles. The molecule has 1 aromatic carbocycles. The Kier molecular flexibility index (Phi) is 4.10. The van der Waals surface area contributed by atoms with Crippen molar-refractivity contribution in [3.05, 3.63) is 40.2 Å². The first-order valence-corrected chi connectivity index (χ1v) is 6.66. The van der Waals surface area contributed by atoms with Crippen LogP contribution in [-0.2, 0) is 16.0 Å². The van der Waals surface area contributed by atoms with Crippen LogP contribution in [0.2, 0.25) is 0 Å². The summed E-state index contributed by atoms with van der Waals surface area (Å²) in [7, 11) is 1.41. The summed E-state index contributed by atoms with van der Waals surface area (Å²) in [4.78, 5) is 15.6. The number of rotatable bonds is 4. The van der Waals surface area contributed by atoms with E-state index in [1.54, 1.807) is 11.3 Å². The molecule has 1 aromatic heterocycles. The Morgan fingerprint density at radius 2 is 2.17 bits per heavy atom. The van der Waals surface area contributed by atoms with Gasteiger partial charge in [0, 0.05) is 17.4 Å². The van der Waals surface area contributed by atoms with Crippen molar-refractivity contribution < 1.29 is 9.53 Å². The van der Waals surface area contributed by atoms with Crippen molar-refractivity contribution in [2.75, 3.05) is 7.11 Å². The standard InChI is InChI=1S/C14H15NO2S/c1-10-5-3-4-6-11(10)12-9-18-13(15-12)7-8-14(16)17-2/h3-6,9H,7-8H2,1-2H3. The molecule has 0 amide bonds. The van der Waals surface area contributed by atoms with Gasteiger partial charge in [-0.1, -0.05) is 24.3 Å². The average Bonchev–Trinajstić information content (AvgIpc) is 2.85. The Hall–Kier alpha value is -1.68. The second-order valence-corrected chi connectivity index (χ2v) is 4.96. The van der Waals surface area contributed by atoms with Gasteiger partial charge in [0.25, 0.3) is 0 Å². The highest BCUT2D eigenvalue weighted by Crippen LogP contribution is 2.25. The first-order valence-electron chi connectivity index (χ1n) is 5.78. The number of methoxy groups -OCH3 is 1. The van der Waals surface area contributed by atoms with Crippen LogP contribution in [0.25, 0.3) is 11.3 Å². The Balaban J connectivity index is 2.11. The van der Waals surface area contributed by atoms with E-state index >= 15 is 0 Å². The summed E-state index contributed by atoms with van der Waals surface area (Å²) in [6.07, 6.45) is 1.03. The second-order valence-electron chi connectivity index (χ2n) is 4.02. The summed E-state index contributed by atoms with van der Waals surface area (Å²) in [5, 5.41) is 3.01. The molecule has 0 bridgehead atoms. The van der Waals surface area contributed by atoms with Crippen molar-refractivity contribution in [3.8, 4) is 11.3 Å². The number of thiazole rings is 1. The number of aromatic nitrogens is 1. The molecule has 0 saturated carbocycles. The van der Waals surface area contributed by atoms with Gasteiger partial charge in [-0.15, -0.1) is 11.3 Å². The van der Waals surface area contributed by atoms with E-state index in [1.807, 2.05) is 17.5 Å². The van der Waals surface area contributed by atoms with Crippen LogP contribution in [0.3, 0.4) is 0 Å². The van der Waals surface area contributed by atoms with Gasteiger partial charge in [0.1, 0.15) is 0 Å². The monoisotopic (exact) mass is 261 g/mol. The summed E-state index contributed by atoms with van der Waals surface area (Å²) in [6.45, 7) is 2.07. The molecule has 0 aliphatic heterocycles. The zero-order chi connectivity index (χ0) is 13.0. The smallest absolute Gasteiger partial charge is 0.305 e. The van der Waals surface area contributed by atoms with Crippen LogP contribution in [0.1, 0.15) is 17.0 Å². The summed E-state index contributed by atoms with van der Waals surface area (Å²) in [5.41, 5.74) is 3.35. The Bertz CT molecular complexity index is 548. The lowest BCUT2D eigenvalue weighted by Gasteiger charge is -2.00. The van der Waals surface area contributed by atoms with Crippen LogP contribution >= 0.6 is 11.3 Å². The highest BCUT2D eigenvalue weighted by Gasteiger charge is 2.08. The number of hydrogen-bond acceptors (Lipinski definition) is 4. The molecular weight excluding hydrogens is 246 g/mol. The predicted molar refractivity (Wildman–Crippen MR) is 72.6 cm³/mol. The second kappa shape index (κ2) is 5.78. The van der Waals surface area contributed by atoms with Crippen molar-refractivity contribution in [3.63, 3.8) is 0 Å². The van der Waals surface area contributed by atoms with Gasteiger partial charge >= 0.3 is 5.97 Å². The fraction of sp³-hybridized carbons (Fsp3) is 0.286. The van der Waals surface area contributed by atoms with E-state index in [4.69, 9.17) is 0 Å². The van der Waals surface area contributed by atoms with Gasteiger partial charge < -0.3 is 4.74 Å². The zero-order valence-electron chi connectivity index (χ0n) is 10.5. The molecule has 3 nitrogen and oxygen atoms in total. The molecule has 0 N–H and O–H groups in total. The Labute approximate surface area is 110 Å². The van der Waals surface area contributed by atoms with Gasteiger partial charge in [-0.05, 0) is 12.5 Å². The number of aryl methyl sites for hydroxylation is 2. The third-order valence-electron chi connectivity index (χ3n) is 2.74. The van der Waals surface area contributed by atoms with Gasteiger partial charge in [0.15, 0.2) is 0 Å². The van der Waals surface area contributed by atoms with Crippen molar-refractivity contribution >= 4 is 17.3 Å². The molecule has 0 fully saturated rings. The van der Waals surface area contributed by atoms with Crippen LogP contribution in [0, 0.1) is 6.92 Å². The van der Waals surface area contributed by atoms with Gasteiger partial charge in [0.05, 0.1) is 24.2 Å². The molecule has 94 valence electrons. The highest BCUT2D eigenvalue weighted by atomic mass is 32.1. The number of hydrogen-bond donors (Lipinski definition) is 0. The topological polar surface area (TPSA) is 39.2 Å². The maximum atomic E-state index is 11.1. The first kappa shape index (κ1) is 12.8. The highest BCUT2D eigenvalue weighted by molar-refractivity contribution is 7.09. The third kappa shape index (κ3) is 2.96. The molecule has 18 heavy (non-hydrogen) atoms. The van der Waals surface area contributed by atoms with Crippen molar-refractivity contribution in [2.45, 2.75) is 19.8 Å². The molecular formula is C14H15NO2S. The fourth-order valence-corrected chi connectivity index (χ4v) is 2.52. The van der Waals surface area contributed by atoms with Crippen molar-refractivity contribution in [2.24, 2.45) is 0 Å². The number of carbonyl (C=O) groups is 1. The normalized spacial score (nSPS) is 10.3. The molecule has 0 saturated heterocycles. The largest absolute Gasteiger partial charge is 0.469 e. The third-order valence-corrected chi connectivity index (χ3v) is 3.65. The van der Waals surface area contributed by atoms with Crippen LogP contribution in [0.15, 0.2) is 29.6 Å². The Morgan fingerprint density at radius 1 is 1.39 bits per heavy atom. The molecule has 0 radical (unpaired) electrons. The van der Waals surface area contributed by atoms with Crippen LogP contribution < -0.4 is 0 Å². The molecule has 1 heterocycles. The molecule has 0 unspecified atom stereocenters. The molecule has 2 rings (SSSR count). The van der Waals surface area contributed by atoms with E-state index in [0.29, 0.717) is 12.8 Å². The minimum absolute atomic E-state index is 0.192. The van der Waals surface area contributed by atoms with E-state index in [0.717, 1.165) is 16.3 Å². The maximum Gasteiger partial charge on any atom is 0.305 e. The Morgan fingerprint density at radius 3 is 2.89 bits per heavy atom. The molecule has 0 atom stereocenters. The fourth-order valence-electron chi connectivity index (χ4n) is 1.72. The number of ether oxygens (including phenoxy) is 1. The maximum absolute atomic E-state index is 11.1. The minimum Gasteiger partial charge on any atom is -0.469 e. The average molecular weight is 261 g/mol. The predicted octanol–water partition coefficient (Wildman–Crippen LogP) is 3.22. The first-order chi connectivity index (χ1) is 8.70. The van der Waals surface area contributed by atoms with Crippen LogP contribution in [-0.4, -0.2) is 18.1 Å². The molecule has 0 spiro atoms. The lowest BCUT2D eigenvalue weighted by atomic mass is 10.1. The summed E-state index contributed by atoms with van der Waals surface area (Å²) < 4.78 is 4.62. The van der Waals surface area contributed by atoms with Gasteiger partial charge in [-0.3, -0.25) is 4.79 Å². The zero-order valence-corrected chi connectivity index (χ0v) is 11.3. The minimum atomic E-state index is -0.192. The van der Waals surface area contributed by atoms with E-state index in [2.05, 4.69) is 28.8 Å². The van der Waals surface area contributed by atoms with Gasteiger partial charge in [-0.25, -0.2) is 4.98 Å². The quantitative estimate of drug-likeness (QED) is 0.793. The van der Waals surface area contributed by atoms with Crippen LogP contribution in [0.4, 0.5) is 0 Å². The van der Waals surface area contributed by atoms with Crippen molar-refractivity contribution in [1.82, 2.24) is 4.98 Å². The van der Waals surface area contributed by atoms with Crippen LogP contribution in [0.5, 0.6) is 0 Å². The van der Waals surface area contributed by atoms with E-state index < -0.39 is 0 Å². The van der Waals surface area contributed by atoms with Crippen molar-refractivity contribution in [1.29, 1.82) is 0 Å². The number of carbonyl (C=O) groups excluding carboxylic acids is 1. The van der Waals surface area contributed by atoms with Gasteiger partial charge in [0.2, 0.25) is 0 Å². The van der Waals surface area contributed by atoms with Gasteiger partial charge in [-0.2, -0.15) is 0 Å². The summed E-state index contributed by atoms with van der Waals surface area (Å²) in [5.74, 6) is -0.192. The summed E-state index contributed by atoms with van der Waals surface area (Å²) >= 11 is 1.59.